The van der Waals surface area contributed by atoms with E-state index >= 15 is 0 Å². The van der Waals surface area contributed by atoms with Gasteiger partial charge >= 0.3 is 0 Å². The van der Waals surface area contributed by atoms with E-state index in [9.17, 15) is 0 Å². The maximum atomic E-state index is 2.55. The van der Waals surface area contributed by atoms with Crippen LogP contribution >= 0.6 is 0 Å². The minimum absolute atomic E-state index is 1.16. The van der Waals surface area contributed by atoms with Gasteiger partial charge in [-0.15, -0.1) is 0 Å². The predicted octanol–water partition coefficient (Wildman–Crippen LogP) is 13.7. The Morgan fingerprint density at radius 3 is 1.05 bits per heavy atom. The van der Waals surface area contributed by atoms with Crippen molar-refractivity contribution in [3.8, 4) is 22.3 Å². The largest absolute Gasteiger partial charge is 0.310 e. The molecule has 12 rings (SSSR count). The lowest BCUT2D eigenvalue weighted by atomic mass is 9.92. The number of para-hydroxylation sites is 2. The van der Waals surface area contributed by atoms with Crippen molar-refractivity contribution in [3.63, 3.8) is 0 Å². The number of anilines is 6. The Balaban J connectivity index is 0.992. The highest BCUT2D eigenvalue weighted by Crippen LogP contribution is 2.44. The topological polar surface area (TPSA) is 6.48 Å². The van der Waals surface area contributed by atoms with E-state index in [1.54, 1.807) is 0 Å². The van der Waals surface area contributed by atoms with E-state index in [0.29, 0.717) is 0 Å². The van der Waals surface area contributed by atoms with Gasteiger partial charge in [-0.2, -0.15) is 0 Å². The van der Waals surface area contributed by atoms with Crippen LogP contribution < -0.4 is 30.5 Å². The lowest BCUT2D eigenvalue weighted by molar-refractivity contribution is 1.29. The normalized spacial score (nSPS) is 14.1. The van der Waals surface area contributed by atoms with Gasteiger partial charge in [0.05, 0.1) is 0 Å². The summed E-state index contributed by atoms with van der Waals surface area (Å²) in [5, 5.41) is 13.9. The molecule has 10 aromatic rings. The molecular weight excluding hydrogens is 781 g/mol. The van der Waals surface area contributed by atoms with Crippen LogP contribution in [-0.4, -0.2) is 16.1 Å². The molecule has 2 aliphatic rings. The number of fused-ring (bicyclic) bond motifs is 11. The van der Waals surface area contributed by atoms with Gasteiger partial charge in [0.1, 0.15) is 16.1 Å². The predicted molar refractivity (Wildman–Crippen MR) is 273 cm³/mol. The van der Waals surface area contributed by atoms with E-state index in [0.717, 1.165) is 11.4 Å². The van der Waals surface area contributed by atoms with E-state index in [2.05, 4.69) is 242 Å². The molecule has 0 aromatic heterocycles. The molecule has 0 aliphatic carbocycles. The van der Waals surface area contributed by atoms with Crippen LogP contribution in [0.1, 0.15) is 0 Å². The molecule has 0 saturated heterocycles. The van der Waals surface area contributed by atoms with Crippen LogP contribution in [0, 0.1) is 0 Å². The Labute approximate surface area is 366 Å². The smallest absolute Gasteiger partial charge is 0.113 e. The first kappa shape index (κ1) is 36.8. The zero-order valence-corrected chi connectivity index (χ0v) is 37.5. The third-order valence-electron chi connectivity index (χ3n) is 14.0. The Morgan fingerprint density at radius 2 is 0.629 bits per heavy atom. The summed E-state index contributed by atoms with van der Waals surface area (Å²) in [5.74, 6) is 0. The second-order valence-corrected chi connectivity index (χ2v) is 26.8. The van der Waals surface area contributed by atoms with E-state index < -0.39 is 16.1 Å². The minimum Gasteiger partial charge on any atom is -0.310 e. The van der Waals surface area contributed by atoms with Gasteiger partial charge in [0, 0.05) is 34.1 Å². The fraction of sp³-hybridized carbons (Fsp3) is 0.0690. The zero-order valence-electron chi connectivity index (χ0n) is 35.5. The molecule has 0 unspecified atom stereocenters. The van der Waals surface area contributed by atoms with Crippen molar-refractivity contribution in [1.29, 1.82) is 0 Å². The van der Waals surface area contributed by atoms with E-state index in [1.165, 1.54) is 98.1 Å². The molecule has 296 valence electrons. The van der Waals surface area contributed by atoms with Gasteiger partial charge in [-0.25, -0.2) is 0 Å². The average Bonchev–Trinajstić information content (AvgIpc) is 3.69. The van der Waals surface area contributed by atoms with Crippen molar-refractivity contribution < 1.29 is 0 Å². The maximum absolute atomic E-state index is 2.55. The van der Waals surface area contributed by atoms with Crippen molar-refractivity contribution in [2.45, 2.75) is 26.2 Å². The van der Waals surface area contributed by atoms with Crippen molar-refractivity contribution in [2.75, 3.05) is 9.80 Å². The number of hydrogen-bond donors (Lipinski definition) is 0. The van der Waals surface area contributed by atoms with Gasteiger partial charge in [-0.3, -0.25) is 0 Å². The van der Waals surface area contributed by atoms with Crippen LogP contribution in [0.2, 0.25) is 26.2 Å². The third-order valence-corrected chi connectivity index (χ3v) is 21.0. The molecule has 0 amide bonds. The maximum Gasteiger partial charge on any atom is 0.113 e. The van der Waals surface area contributed by atoms with Crippen LogP contribution in [0.5, 0.6) is 0 Å². The summed E-state index contributed by atoms with van der Waals surface area (Å²) in [6, 6.07) is 77.2. The van der Waals surface area contributed by atoms with E-state index in [4.69, 9.17) is 0 Å². The van der Waals surface area contributed by atoms with Gasteiger partial charge in [0.2, 0.25) is 0 Å². The molecule has 0 spiro atoms. The standard InChI is InChI=1S/C58H46N2Si2/c1-61(2)53-33-31-50-49(57(53)51-29-27-47(37-55(51)61)59(43-19-7-5-8-20-43)45-25-23-39-15-11-13-17-41(39)35-45)32-34-54-58(50)52-30-28-48(38-56(52)62(54,3)4)60(44-21-9-6-10-22-44)46-26-24-40-16-12-14-18-42(40)36-46/h5-38H,1-4H3. The van der Waals surface area contributed by atoms with Gasteiger partial charge in [-0.05, 0) is 148 Å². The van der Waals surface area contributed by atoms with Gasteiger partial charge in [0.15, 0.2) is 0 Å². The molecule has 0 radical (unpaired) electrons. The highest BCUT2D eigenvalue weighted by Gasteiger charge is 2.42. The lowest BCUT2D eigenvalue weighted by Gasteiger charge is -2.27. The van der Waals surface area contributed by atoms with E-state index in [-0.39, 0.29) is 0 Å². The van der Waals surface area contributed by atoms with Gasteiger partial charge < -0.3 is 9.80 Å². The van der Waals surface area contributed by atoms with Crippen molar-refractivity contribution in [3.05, 3.63) is 206 Å². The summed E-state index contributed by atoms with van der Waals surface area (Å²) in [6.45, 7) is 10.2. The molecular formula is C58H46N2Si2. The van der Waals surface area contributed by atoms with Crippen LogP contribution in [0.25, 0.3) is 54.6 Å². The molecule has 0 saturated carbocycles. The van der Waals surface area contributed by atoms with E-state index in [1.807, 2.05) is 0 Å². The fourth-order valence-electron chi connectivity index (χ4n) is 10.8. The van der Waals surface area contributed by atoms with Gasteiger partial charge in [0.25, 0.3) is 0 Å². The van der Waals surface area contributed by atoms with Crippen molar-refractivity contribution in [2.24, 2.45) is 0 Å². The molecule has 0 fully saturated rings. The summed E-state index contributed by atoms with van der Waals surface area (Å²) in [7, 11) is -4.15. The van der Waals surface area contributed by atoms with Crippen LogP contribution in [-0.2, 0) is 0 Å². The van der Waals surface area contributed by atoms with Crippen LogP contribution in [0.3, 0.4) is 0 Å². The summed E-state index contributed by atoms with van der Waals surface area (Å²) in [6.07, 6.45) is 0. The number of nitrogens with zero attached hydrogens (tertiary/aromatic N) is 2. The second kappa shape index (κ2) is 13.8. The summed E-state index contributed by atoms with van der Waals surface area (Å²) < 4.78 is 0. The van der Waals surface area contributed by atoms with Gasteiger partial charge in [-0.1, -0.05) is 160 Å². The molecule has 0 atom stereocenters. The first-order valence-electron chi connectivity index (χ1n) is 21.8. The SMILES string of the molecule is C[Si]1(C)c2cc(N(c3ccccc3)c3ccc4ccccc4c3)ccc2-c2c1ccc1c3c(ccc21)[Si](C)(C)c1cc(N(c2ccccc2)c2ccc4ccccc4c2)ccc1-3. The molecule has 2 aliphatic heterocycles. The summed E-state index contributed by atoms with van der Waals surface area (Å²) in [5.41, 5.74) is 12.8. The number of hydrogen-bond acceptors (Lipinski definition) is 2. The number of benzene rings is 10. The second-order valence-electron chi connectivity index (χ2n) is 18.2. The van der Waals surface area contributed by atoms with Crippen molar-refractivity contribution in [1.82, 2.24) is 0 Å². The Bertz CT molecular complexity index is 3200. The van der Waals surface area contributed by atoms with Crippen molar-refractivity contribution >= 4 is 103 Å². The third kappa shape index (κ3) is 5.53. The fourth-order valence-corrected chi connectivity index (χ4v) is 17.0. The molecule has 2 nitrogen and oxygen atoms in total. The first-order valence-corrected chi connectivity index (χ1v) is 27.8. The van der Waals surface area contributed by atoms with Crippen LogP contribution in [0.4, 0.5) is 34.1 Å². The molecule has 62 heavy (non-hydrogen) atoms. The number of rotatable bonds is 6. The summed E-state index contributed by atoms with van der Waals surface area (Å²) in [4.78, 5) is 4.87. The Hall–Kier alpha value is -6.99. The zero-order chi connectivity index (χ0) is 41.7. The Morgan fingerprint density at radius 1 is 0.274 bits per heavy atom. The molecule has 4 heteroatoms. The highest BCUT2D eigenvalue weighted by molar-refractivity contribution is 7.05. The quantitative estimate of drug-likeness (QED) is 0.154. The monoisotopic (exact) mass is 826 g/mol. The average molecular weight is 827 g/mol. The van der Waals surface area contributed by atoms with Crippen LogP contribution in [0.15, 0.2) is 206 Å². The Kier molecular flexibility index (Phi) is 8.18. The minimum atomic E-state index is -2.07. The highest BCUT2D eigenvalue weighted by atomic mass is 28.3. The first-order chi connectivity index (χ1) is 30.3. The molecule has 0 bridgehead atoms. The summed E-state index contributed by atoms with van der Waals surface area (Å²) >= 11 is 0. The molecule has 0 N–H and O–H groups in total. The lowest BCUT2D eigenvalue weighted by Crippen LogP contribution is -2.49. The molecule has 2 heterocycles. The molecule has 10 aromatic carbocycles.